The van der Waals surface area contributed by atoms with Crippen LogP contribution in [0.5, 0.6) is 11.5 Å². The van der Waals surface area contributed by atoms with E-state index in [1.807, 2.05) is 6.92 Å². The fourth-order valence-corrected chi connectivity index (χ4v) is 4.63. The highest BCUT2D eigenvalue weighted by molar-refractivity contribution is 7.91. The monoisotopic (exact) mass is 394 g/mol. The zero-order chi connectivity index (χ0) is 18.7. The number of benzene rings is 1. The first-order valence-corrected chi connectivity index (χ1v) is 9.97. The van der Waals surface area contributed by atoms with Crippen molar-refractivity contribution in [2.24, 2.45) is 0 Å². The van der Waals surface area contributed by atoms with Crippen molar-refractivity contribution in [1.29, 1.82) is 0 Å². The minimum atomic E-state index is -3.64. The van der Waals surface area contributed by atoms with Crippen LogP contribution >= 0.6 is 11.3 Å². The van der Waals surface area contributed by atoms with E-state index in [1.165, 1.54) is 7.11 Å². The van der Waals surface area contributed by atoms with Gasteiger partial charge in [-0.05, 0) is 36.8 Å². The molecule has 0 saturated carbocycles. The van der Waals surface area contributed by atoms with E-state index in [1.54, 1.807) is 43.5 Å². The Hall–Kier alpha value is -2.36. The van der Waals surface area contributed by atoms with Crippen molar-refractivity contribution in [2.45, 2.75) is 17.7 Å². The standard InChI is InChI=1S/C17H18N2O5S2/c1-11-8-15(24-19-11)16-6-7-17(25-16)26(20,21)18-10-12-4-5-13(22-2)14(9-12)23-3/h4-9,18H,10H2,1-3H3. The second kappa shape index (κ2) is 7.48. The van der Waals surface area contributed by atoms with E-state index in [2.05, 4.69) is 9.88 Å². The molecule has 9 heteroatoms. The maximum atomic E-state index is 12.5. The molecule has 7 nitrogen and oxygen atoms in total. The van der Waals surface area contributed by atoms with Crippen molar-refractivity contribution in [3.05, 3.63) is 47.7 Å². The Morgan fingerprint density at radius 3 is 2.54 bits per heavy atom. The molecule has 0 atom stereocenters. The fourth-order valence-electron chi connectivity index (χ4n) is 2.32. The summed E-state index contributed by atoms with van der Waals surface area (Å²) in [4.78, 5) is 0.706. The summed E-state index contributed by atoms with van der Waals surface area (Å²) in [7, 11) is -0.562. The maximum Gasteiger partial charge on any atom is 0.250 e. The van der Waals surface area contributed by atoms with Gasteiger partial charge in [-0.2, -0.15) is 0 Å². The number of rotatable bonds is 7. The molecule has 1 N–H and O–H groups in total. The quantitative estimate of drug-likeness (QED) is 0.662. The molecule has 0 amide bonds. The molecule has 1 aromatic carbocycles. The van der Waals surface area contributed by atoms with Gasteiger partial charge in [-0.1, -0.05) is 11.2 Å². The van der Waals surface area contributed by atoms with Crippen molar-refractivity contribution in [3.63, 3.8) is 0 Å². The molecule has 0 radical (unpaired) electrons. The molecule has 138 valence electrons. The third-order valence-corrected chi connectivity index (χ3v) is 6.62. The van der Waals surface area contributed by atoms with Gasteiger partial charge in [0.15, 0.2) is 17.3 Å². The van der Waals surface area contributed by atoms with E-state index in [4.69, 9.17) is 14.0 Å². The number of aromatic nitrogens is 1. The molecule has 0 aliphatic rings. The number of hydrogen-bond acceptors (Lipinski definition) is 7. The summed E-state index contributed by atoms with van der Waals surface area (Å²) in [6.07, 6.45) is 0. The normalized spacial score (nSPS) is 11.5. The van der Waals surface area contributed by atoms with Gasteiger partial charge in [0.25, 0.3) is 0 Å². The third kappa shape index (κ3) is 3.90. The van der Waals surface area contributed by atoms with Gasteiger partial charge in [0.1, 0.15) is 4.21 Å². The lowest BCUT2D eigenvalue weighted by Gasteiger charge is -2.10. The van der Waals surface area contributed by atoms with Crippen LogP contribution in [0.3, 0.4) is 0 Å². The molecular weight excluding hydrogens is 376 g/mol. The van der Waals surface area contributed by atoms with E-state index in [0.29, 0.717) is 22.1 Å². The summed E-state index contributed by atoms with van der Waals surface area (Å²) in [5.41, 5.74) is 1.50. The molecule has 0 aliphatic carbocycles. The summed E-state index contributed by atoms with van der Waals surface area (Å²) in [5.74, 6) is 1.68. The molecular formula is C17H18N2O5S2. The van der Waals surface area contributed by atoms with Gasteiger partial charge >= 0.3 is 0 Å². The van der Waals surface area contributed by atoms with Crippen molar-refractivity contribution in [1.82, 2.24) is 9.88 Å². The van der Waals surface area contributed by atoms with E-state index >= 15 is 0 Å². The van der Waals surface area contributed by atoms with Crippen LogP contribution in [0.4, 0.5) is 0 Å². The van der Waals surface area contributed by atoms with Gasteiger partial charge in [0, 0.05) is 12.6 Å². The predicted octanol–water partition coefficient (Wildman–Crippen LogP) is 3.21. The van der Waals surface area contributed by atoms with Crippen LogP contribution in [0, 0.1) is 6.92 Å². The lowest BCUT2D eigenvalue weighted by molar-refractivity contribution is 0.354. The molecule has 2 aromatic heterocycles. The Morgan fingerprint density at radius 1 is 1.12 bits per heavy atom. The third-order valence-electron chi connectivity index (χ3n) is 3.63. The van der Waals surface area contributed by atoms with Crippen LogP contribution in [0.25, 0.3) is 10.6 Å². The van der Waals surface area contributed by atoms with E-state index in [0.717, 1.165) is 22.6 Å². The second-order valence-corrected chi connectivity index (χ2v) is 8.54. The van der Waals surface area contributed by atoms with Gasteiger partial charge in [-0.3, -0.25) is 0 Å². The first kappa shape index (κ1) is 18.4. The van der Waals surface area contributed by atoms with Crippen LogP contribution in [0.1, 0.15) is 11.3 Å². The molecule has 3 aromatic rings. The van der Waals surface area contributed by atoms with Crippen molar-refractivity contribution >= 4 is 21.4 Å². The Bertz CT molecular complexity index is 1010. The molecule has 0 unspecified atom stereocenters. The lowest BCUT2D eigenvalue weighted by atomic mass is 10.2. The number of hydrogen-bond donors (Lipinski definition) is 1. The molecule has 3 rings (SSSR count). The Morgan fingerprint density at radius 2 is 1.88 bits per heavy atom. The molecule has 0 saturated heterocycles. The molecule has 2 heterocycles. The van der Waals surface area contributed by atoms with Gasteiger partial charge in [-0.15, -0.1) is 11.3 Å². The summed E-state index contributed by atoms with van der Waals surface area (Å²) < 4.78 is 43.4. The number of methoxy groups -OCH3 is 2. The second-order valence-electron chi connectivity index (χ2n) is 5.47. The minimum Gasteiger partial charge on any atom is -0.493 e. The lowest BCUT2D eigenvalue weighted by Crippen LogP contribution is -2.22. The average molecular weight is 394 g/mol. The summed E-state index contributed by atoms with van der Waals surface area (Å²) in [6, 6.07) is 10.3. The van der Waals surface area contributed by atoms with Crippen LogP contribution < -0.4 is 14.2 Å². The van der Waals surface area contributed by atoms with E-state index in [-0.39, 0.29) is 10.8 Å². The number of nitrogens with one attached hydrogen (secondary N) is 1. The summed E-state index contributed by atoms with van der Waals surface area (Å²) in [6.45, 7) is 1.94. The summed E-state index contributed by atoms with van der Waals surface area (Å²) in [5, 5.41) is 3.82. The Labute approximate surface area is 155 Å². The smallest absolute Gasteiger partial charge is 0.250 e. The molecule has 0 spiro atoms. The Kier molecular flexibility index (Phi) is 5.30. The Balaban J connectivity index is 1.74. The number of nitrogens with zero attached hydrogens (tertiary/aromatic N) is 1. The molecule has 26 heavy (non-hydrogen) atoms. The molecule has 0 aliphatic heterocycles. The van der Waals surface area contributed by atoms with Crippen molar-refractivity contribution in [3.8, 4) is 22.1 Å². The van der Waals surface area contributed by atoms with Gasteiger partial charge in [-0.25, -0.2) is 13.1 Å². The topological polar surface area (TPSA) is 90.7 Å². The summed E-state index contributed by atoms with van der Waals surface area (Å²) >= 11 is 1.13. The van der Waals surface area contributed by atoms with Crippen LogP contribution in [-0.4, -0.2) is 27.8 Å². The molecule has 0 fully saturated rings. The average Bonchev–Trinajstić information content (AvgIpc) is 3.29. The first-order chi connectivity index (χ1) is 12.4. The fraction of sp³-hybridized carbons (Fsp3) is 0.235. The predicted molar refractivity (Wildman–Crippen MR) is 98.1 cm³/mol. The van der Waals surface area contributed by atoms with Crippen LogP contribution in [0.2, 0.25) is 0 Å². The SMILES string of the molecule is COc1ccc(CNS(=O)(=O)c2ccc(-c3cc(C)no3)s2)cc1OC. The minimum absolute atomic E-state index is 0.136. The molecule has 0 bridgehead atoms. The highest BCUT2D eigenvalue weighted by Crippen LogP contribution is 2.31. The van der Waals surface area contributed by atoms with Crippen LogP contribution in [0.15, 0.2) is 45.1 Å². The zero-order valence-electron chi connectivity index (χ0n) is 14.5. The largest absolute Gasteiger partial charge is 0.493 e. The van der Waals surface area contributed by atoms with E-state index < -0.39 is 10.0 Å². The highest BCUT2D eigenvalue weighted by atomic mass is 32.2. The number of aryl methyl sites for hydroxylation is 1. The highest BCUT2D eigenvalue weighted by Gasteiger charge is 2.19. The first-order valence-electron chi connectivity index (χ1n) is 7.67. The van der Waals surface area contributed by atoms with E-state index in [9.17, 15) is 8.42 Å². The van der Waals surface area contributed by atoms with Gasteiger partial charge < -0.3 is 14.0 Å². The number of thiophene rings is 1. The van der Waals surface area contributed by atoms with Crippen molar-refractivity contribution in [2.75, 3.05) is 14.2 Å². The number of ether oxygens (including phenoxy) is 2. The zero-order valence-corrected chi connectivity index (χ0v) is 16.1. The maximum absolute atomic E-state index is 12.5. The number of sulfonamides is 1. The van der Waals surface area contributed by atoms with Crippen molar-refractivity contribution < 1.29 is 22.4 Å². The van der Waals surface area contributed by atoms with Gasteiger partial charge in [0.2, 0.25) is 10.0 Å². The van der Waals surface area contributed by atoms with Crippen LogP contribution in [-0.2, 0) is 16.6 Å². The van der Waals surface area contributed by atoms with Gasteiger partial charge in [0.05, 0.1) is 24.8 Å².